The van der Waals surface area contributed by atoms with Gasteiger partial charge in [0, 0.05) is 0 Å². The van der Waals surface area contributed by atoms with Gasteiger partial charge >= 0.3 is 0 Å². The Kier molecular flexibility index (Phi) is 1.98. The lowest BCUT2D eigenvalue weighted by Gasteiger charge is -2.22. The van der Waals surface area contributed by atoms with Crippen molar-refractivity contribution in [2.45, 2.75) is 46.5 Å². The second-order valence-electron chi connectivity index (χ2n) is 6.57. The van der Waals surface area contributed by atoms with E-state index in [4.69, 9.17) is 0 Å². The number of hydrogen-bond donors (Lipinski definition) is 0. The quantitative estimate of drug-likeness (QED) is 0.590. The lowest BCUT2D eigenvalue weighted by Crippen LogP contribution is -2.14. The summed E-state index contributed by atoms with van der Waals surface area (Å²) in [7, 11) is 0. The zero-order valence-electron chi connectivity index (χ0n) is 9.87. The number of fused-ring (bicyclic) bond motifs is 1. The normalized spacial score (nSPS) is 61.5. The van der Waals surface area contributed by atoms with Gasteiger partial charge in [0.25, 0.3) is 0 Å². The summed E-state index contributed by atoms with van der Waals surface area (Å²) >= 11 is 0. The van der Waals surface area contributed by atoms with Crippen LogP contribution in [0.1, 0.15) is 46.5 Å². The highest BCUT2D eigenvalue weighted by molar-refractivity contribution is 5.08. The number of rotatable bonds is 1. The second kappa shape index (κ2) is 3.00. The predicted octanol–water partition coefficient (Wildman–Crippen LogP) is 3.96. The molecule has 0 aromatic rings. The monoisotopic (exact) mass is 192 g/mol. The van der Waals surface area contributed by atoms with Gasteiger partial charge in [-0.15, -0.1) is 0 Å². The Hall–Kier alpha value is 0. The summed E-state index contributed by atoms with van der Waals surface area (Å²) in [5.74, 6) is 7.71. The third-order valence-corrected chi connectivity index (χ3v) is 5.65. The van der Waals surface area contributed by atoms with E-state index in [9.17, 15) is 0 Å². The van der Waals surface area contributed by atoms with Crippen LogP contribution < -0.4 is 0 Å². The third-order valence-electron chi connectivity index (χ3n) is 5.65. The maximum absolute atomic E-state index is 2.50. The molecule has 0 N–H and O–H groups in total. The summed E-state index contributed by atoms with van der Waals surface area (Å²) in [6.45, 7) is 7.45. The van der Waals surface area contributed by atoms with Crippen molar-refractivity contribution < 1.29 is 0 Å². The summed E-state index contributed by atoms with van der Waals surface area (Å²) in [6.07, 6.45) is 6.18. The molecule has 3 fully saturated rings. The molecule has 3 aliphatic rings. The van der Waals surface area contributed by atoms with Crippen LogP contribution >= 0.6 is 0 Å². The zero-order valence-corrected chi connectivity index (χ0v) is 9.87. The molecule has 0 radical (unpaired) electrons. The molecule has 7 atom stereocenters. The van der Waals surface area contributed by atoms with E-state index in [-0.39, 0.29) is 0 Å². The smallest absolute Gasteiger partial charge is 0.0321 e. The first-order valence-electron chi connectivity index (χ1n) is 6.68. The minimum absolute atomic E-state index is 1.03. The molecule has 0 bridgehead atoms. The molecule has 0 aromatic carbocycles. The minimum Gasteiger partial charge on any atom is -0.0625 e. The molecule has 3 aliphatic carbocycles. The Morgan fingerprint density at radius 1 is 0.857 bits per heavy atom. The first-order valence-corrected chi connectivity index (χ1v) is 6.68. The molecule has 0 nitrogen and oxygen atoms in total. The van der Waals surface area contributed by atoms with Crippen molar-refractivity contribution in [1.29, 1.82) is 0 Å². The molecule has 0 amide bonds. The molecule has 0 heteroatoms. The fourth-order valence-electron chi connectivity index (χ4n) is 4.99. The molecule has 0 spiro atoms. The molecule has 80 valence electrons. The van der Waals surface area contributed by atoms with Crippen LogP contribution in [0.5, 0.6) is 0 Å². The first-order chi connectivity index (χ1) is 6.68. The van der Waals surface area contributed by atoms with Crippen molar-refractivity contribution in [2.24, 2.45) is 41.4 Å². The van der Waals surface area contributed by atoms with Crippen molar-refractivity contribution in [3.8, 4) is 0 Å². The summed E-state index contributed by atoms with van der Waals surface area (Å²) in [6, 6.07) is 0. The fourth-order valence-corrected chi connectivity index (χ4v) is 4.99. The van der Waals surface area contributed by atoms with E-state index in [1.54, 1.807) is 19.3 Å². The average Bonchev–Trinajstić information content (AvgIpc) is 2.53. The topological polar surface area (TPSA) is 0 Å². The van der Waals surface area contributed by atoms with Crippen molar-refractivity contribution in [3.05, 3.63) is 0 Å². The standard InChI is InChI=1S/C14H24/c1-8-4-5-11(6-8)12-7-9(2)13-10(3)14(12)13/h8-14H,4-7H2,1-3H3/t8-,9?,10-,11?,12?,13?,14?/m0/s1. The highest BCUT2D eigenvalue weighted by Gasteiger charge is 2.60. The van der Waals surface area contributed by atoms with Crippen molar-refractivity contribution in [2.75, 3.05) is 0 Å². The van der Waals surface area contributed by atoms with Crippen molar-refractivity contribution in [1.82, 2.24) is 0 Å². The highest BCUT2D eigenvalue weighted by atomic mass is 14.6. The third kappa shape index (κ3) is 1.19. The van der Waals surface area contributed by atoms with Crippen LogP contribution in [0.4, 0.5) is 0 Å². The van der Waals surface area contributed by atoms with Crippen molar-refractivity contribution in [3.63, 3.8) is 0 Å². The van der Waals surface area contributed by atoms with E-state index in [0.29, 0.717) is 0 Å². The van der Waals surface area contributed by atoms with Crippen LogP contribution in [-0.2, 0) is 0 Å². The van der Waals surface area contributed by atoms with Gasteiger partial charge in [-0.2, -0.15) is 0 Å². The lowest BCUT2D eigenvalue weighted by molar-refractivity contribution is 0.272. The van der Waals surface area contributed by atoms with E-state index in [1.807, 2.05) is 0 Å². The zero-order chi connectivity index (χ0) is 9.87. The van der Waals surface area contributed by atoms with E-state index >= 15 is 0 Å². The van der Waals surface area contributed by atoms with Crippen LogP contribution in [0.2, 0.25) is 0 Å². The van der Waals surface area contributed by atoms with Crippen LogP contribution in [0.15, 0.2) is 0 Å². The number of hydrogen-bond acceptors (Lipinski definition) is 0. The molecule has 3 rings (SSSR count). The van der Waals surface area contributed by atoms with Gasteiger partial charge in [0.2, 0.25) is 0 Å². The van der Waals surface area contributed by atoms with Crippen LogP contribution in [0.3, 0.4) is 0 Å². The molecule has 3 saturated carbocycles. The van der Waals surface area contributed by atoms with E-state index in [2.05, 4.69) is 20.8 Å². The highest BCUT2D eigenvalue weighted by Crippen LogP contribution is 2.66. The molecule has 0 aliphatic heterocycles. The molecule has 0 aromatic heterocycles. The summed E-state index contributed by atoms with van der Waals surface area (Å²) in [4.78, 5) is 0. The van der Waals surface area contributed by atoms with Gasteiger partial charge in [0.15, 0.2) is 0 Å². The molecule has 14 heavy (non-hydrogen) atoms. The Balaban J connectivity index is 1.69. The Bertz CT molecular complexity index is 232. The first kappa shape index (κ1) is 9.24. The summed E-state index contributed by atoms with van der Waals surface area (Å²) in [5.41, 5.74) is 0. The van der Waals surface area contributed by atoms with E-state index in [0.717, 1.165) is 41.4 Å². The molecule has 0 heterocycles. The van der Waals surface area contributed by atoms with Gasteiger partial charge in [-0.3, -0.25) is 0 Å². The van der Waals surface area contributed by atoms with Crippen LogP contribution in [-0.4, -0.2) is 0 Å². The minimum atomic E-state index is 1.03. The van der Waals surface area contributed by atoms with Gasteiger partial charge < -0.3 is 0 Å². The Morgan fingerprint density at radius 3 is 2.14 bits per heavy atom. The lowest BCUT2D eigenvalue weighted by atomic mass is 9.83. The molecular formula is C14H24. The Labute approximate surface area is 88.5 Å². The molecular weight excluding hydrogens is 168 g/mol. The van der Waals surface area contributed by atoms with Gasteiger partial charge in [-0.25, -0.2) is 0 Å². The SMILES string of the molecule is CC1CC(C2CC[C@H](C)C2)C2C1[C@@H]2C. The largest absolute Gasteiger partial charge is 0.0625 e. The molecule has 5 unspecified atom stereocenters. The predicted molar refractivity (Wildman–Crippen MR) is 59.9 cm³/mol. The Morgan fingerprint density at radius 2 is 1.64 bits per heavy atom. The maximum Gasteiger partial charge on any atom is -0.0321 e. The van der Waals surface area contributed by atoms with Crippen LogP contribution in [0, 0.1) is 41.4 Å². The van der Waals surface area contributed by atoms with Gasteiger partial charge in [0.05, 0.1) is 0 Å². The average molecular weight is 192 g/mol. The maximum atomic E-state index is 2.50. The summed E-state index contributed by atoms with van der Waals surface area (Å²) in [5, 5.41) is 0. The van der Waals surface area contributed by atoms with E-state index < -0.39 is 0 Å². The van der Waals surface area contributed by atoms with Gasteiger partial charge in [0.1, 0.15) is 0 Å². The van der Waals surface area contributed by atoms with E-state index in [1.165, 1.54) is 6.42 Å². The fraction of sp³-hybridized carbons (Fsp3) is 1.00. The summed E-state index contributed by atoms with van der Waals surface area (Å²) < 4.78 is 0. The van der Waals surface area contributed by atoms with Gasteiger partial charge in [-0.05, 0) is 60.7 Å². The van der Waals surface area contributed by atoms with Crippen LogP contribution in [0.25, 0.3) is 0 Å². The second-order valence-corrected chi connectivity index (χ2v) is 6.57. The molecule has 0 saturated heterocycles. The van der Waals surface area contributed by atoms with Crippen molar-refractivity contribution >= 4 is 0 Å². The van der Waals surface area contributed by atoms with Gasteiger partial charge in [-0.1, -0.05) is 27.2 Å².